The van der Waals surface area contributed by atoms with Gasteiger partial charge >= 0.3 is 77.2 Å². The molecule has 236 valence electrons. The van der Waals surface area contributed by atoms with Crippen LogP contribution in [0.15, 0.2) is 0 Å². The maximum atomic E-state index is 14.3. The third-order valence-corrected chi connectivity index (χ3v) is 5.67. The van der Waals surface area contributed by atoms with Gasteiger partial charge in [-0.3, -0.25) is 4.18 Å². The summed E-state index contributed by atoms with van der Waals surface area (Å²) in [7, 11) is -6.57. The predicted molar refractivity (Wildman–Crippen MR) is 93.2 cm³/mol. The summed E-state index contributed by atoms with van der Waals surface area (Å²) < 4.78 is 262. The van der Waals surface area contributed by atoms with Crippen LogP contribution in [-0.4, -0.2) is 66.7 Å². The smallest absolute Gasteiger partial charge is 0.726 e. The first-order valence-corrected chi connectivity index (χ1v) is 11.6. The van der Waals surface area contributed by atoms with Gasteiger partial charge in [0.15, 0.2) is 0 Å². The molecular formula is C17H18F17NaO4S. The molecule has 0 aliphatic carbocycles. The average Bonchev–Trinajstić information content (AvgIpc) is 2.72. The Morgan fingerprint density at radius 1 is 0.575 bits per heavy atom. The Morgan fingerprint density at radius 3 is 1.25 bits per heavy atom. The Kier molecular flexibility index (Phi) is 13.7. The van der Waals surface area contributed by atoms with E-state index in [0.717, 1.165) is 0 Å². The third kappa shape index (κ3) is 7.60. The minimum Gasteiger partial charge on any atom is -0.726 e. The van der Waals surface area contributed by atoms with Gasteiger partial charge in [-0.2, -0.15) is 74.6 Å². The van der Waals surface area contributed by atoms with Gasteiger partial charge in [-0.1, -0.05) is 45.4 Å². The van der Waals surface area contributed by atoms with Gasteiger partial charge in [0, 0.05) is 0 Å². The molecule has 4 nitrogen and oxygen atoms in total. The summed E-state index contributed by atoms with van der Waals surface area (Å²) >= 11 is 0. The first kappa shape index (κ1) is 41.8. The molecule has 0 fully saturated rings. The summed E-state index contributed by atoms with van der Waals surface area (Å²) in [6, 6.07) is 0. The van der Waals surface area contributed by atoms with Crippen molar-refractivity contribution in [2.75, 3.05) is 0 Å². The molecule has 0 spiro atoms. The fourth-order valence-corrected chi connectivity index (χ4v) is 3.42. The van der Waals surface area contributed by atoms with Crippen molar-refractivity contribution in [2.24, 2.45) is 0 Å². The molecular weight excluding hydrogens is 646 g/mol. The third-order valence-electron chi connectivity index (χ3n) is 5.20. The number of rotatable bonds is 16. The molecule has 1 unspecified atom stereocenters. The molecule has 0 amide bonds. The number of alkyl halides is 17. The van der Waals surface area contributed by atoms with Gasteiger partial charge in [0.2, 0.25) is 10.4 Å². The molecule has 0 heterocycles. The Morgan fingerprint density at radius 2 is 0.900 bits per heavy atom. The Balaban J connectivity index is 0. The molecule has 23 heteroatoms. The van der Waals surface area contributed by atoms with Crippen LogP contribution < -0.4 is 29.6 Å². The van der Waals surface area contributed by atoms with Crippen molar-refractivity contribution in [1.82, 2.24) is 0 Å². The molecule has 1 atom stereocenters. The summed E-state index contributed by atoms with van der Waals surface area (Å²) in [4.78, 5) is 0. The molecule has 0 aromatic carbocycles. The minimum atomic E-state index is -8.82. The normalized spacial score (nSPS) is 16.1. The van der Waals surface area contributed by atoms with Crippen LogP contribution in [0, 0.1) is 0 Å². The molecule has 0 saturated heterocycles. The van der Waals surface area contributed by atoms with Gasteiger partial charge in [0.25, 0.3) is 0 Å². The van der Waals surface area contributed by atoms with Crippen molar-refractivity contribution >= 4 is 10.4 Å². The quantitative estimate of drug-likeness (QED) is 0.0797. The minimum absolute atomic E-state index is 0. The van der Waals surface area contributed by atoms with Crippen LogP contribution in [0.2, 0.25) is 0 Å². The Hall–Kier alpha value is -0.320. The fourth-order valence-electron chi connectivity index (χ4n) is 2.92. The monoisotopic (exact) mass is 664 g/mol. The number of hydrogen-bond acceptors (Lipinski definition) is 4. The Bertz CT molecular complexity index is 921. The van der Waals surface area contributed by atoms with Crippen molar-refractivity contribution in [2.45, 2.75) is 106 Å². The van der Waals surface area contributed by atoms with Crippen LogP contribution in [0.1, 0.15) is 51.9 Å². The standard InChI is InChI=1S/C17H19F17O4S.Na/c1-2-3-4-5-6-7-8-9(38-39(35,36)37)10(18,19)11(20,21)12(22,23)13(24,25)14(26,27)15(28,29)16(30,31)17(32,33)34;/h9H,2-8H2,1H3,(H,35,36,37);/q;+1/p-1. The van der Waals surface area contributed by atoms with Gasteiger partial charge in [-0.05, 0) is 6.42 Å². The molecule has 0 aromatic rings. The van der Waals surface area contributed by atoms with E-state index < -0.39 is 77.0 Å². The zero-order valence-electron chi connectivity index (χ0n) is 20.0. The summed E-state index contributed by atoms with van der Waals surface area (Å²) in [6.45, 7) is 1.69. The van der Waals surface area contributed by atoms with Crippen LogP contribution in [0.4, 0.5) is 74.6 Å². The number of hydrogen-bond donors (Lipinski definition) is 0. The van der Waals surface area contributed by atoms with Crippen molar-refractivity contribution in [3.05, 3.63) is 0 Å². The molecule has 0 aliphatic heterocycles. The second-order valence-electron chi connectivity index (χ2n) is 8.12. The van der Waals surface area contributed by atoms with Crippen LogP contribution in [0.25, 0.3) is 0 Å². The van der Waals surface area contributed by atoms with Gasteiger partial charge in [-0.15, -0.1) is 0 Å². The summed E-state index contributed by atoms with van der Waals surface area (Å²) in [5.41, 5.74) is 0. The van der Waals surface area contributed by atoms with E-state index in [4.69, 9.17) is 0 Å². The van der Waals surface area contributed by atoms with Gasteiger partial charge in [0.05, 0.1) is 0 Å². The van der Waals surface area contributed by atoms with Crippen molar-refractivity contribution in [1.29, 1.82) is 0 Å². The zero-order valence-corrected chi connectivity index (χ0v) is 22.8. The van der Waals surface area contributed by atoms with Crippen molar-refractivity contribution < 1.29 is 121 Å². The van der Waals surface area contributed by atoms with E-state index in [-0.39, 0.29) is 42.4 Å². The first-order valence-electron chi connectivity index (χ1n) is 10.3. The second kappa shape index (κ2) is 13.1. The van der Waals surface area contributed by atoms with E-state index in [1.807, 2.05) is 0 Å². The predicted octanol–water partition coefficient (Wildman–Crippen LogP) is 4.60. The Labute approximate surface area is 237 Å². The van der Waals surface area contributed by atoms with Gasteiger partial charge in [-0.25, -0.2) is 8.42 Å². The van der Waals surface area contributed by atoms with E-state index in [2.05, 4.69) is 4.18 Å². The van der Waals surface area contributed by atoms with Crippen LogP contribution >= 0.6 is 0 Å². The average molecular weight is 664 g/mol. The topological polar surface area (TPSA) is 66.4 Å². The zero-order chi connectivity index (χ0) is 31.7. The van der Waals surface area contributed by atoms with Crippen LogP contribution in [0.5, 0.6) is 0 Å². The van der Waals surface area contributed by atoms with E-state index in [1.165, 1.54) is 0 Å². The SMILES string of the molecule is CCCCCCCCC(OS(=O)(=O)[O-])C(F)(F)C(F)(F)C(F)(F)C(F)(F)C(F)(F)C(F)(F)C(F)(F)C(F)(F)F.[Na+]. The molecule has 0 saturated carbocycles. The van der Waals surface area contributed by atoms with E-state index in [0.29, 0.717) is 19.3 Å². The van der Waals surface area contributed by atoms with Gasteiger partial charge in [0.1, 0.15) is 6.10 Å². The fraction of sp³-hybridized carbons (Fsp3) is 1.00. The van der Waals surface area contributed by atoms with E-state index in [1.54, 1.807) is 6.92 Å². The van der Waals surface area contributed by atoms with Crippen LogP contribution in [0.3, 0.4) is 0 Å². The largest absolute Gasteiger partial charge is 1.00 e. The second-order valence-corrected chi connectivity index (χ2v) is 9.13. The summed E-state index contributed by atoms with van der Waals surface area (Å²) in [5, 5.41) is 0. The maximum Gasteiger partial charge on any atom is 1.00 e. The molecule has 0 aliphatic rings. The van der Waals surface area contributed by atoms with Crippen LogP contribution in [-0.2, 0) is 14.6 Å². The summed E-state index contributed by atoms with van der Waals surface area (Å²) in [6.07, 6.45) is -13.7. The van der Waals surface area contributed by atoms with E-state index >= 15 is 0 Å². The number of unbranched alkanes of at least 4 members (excludes halogenated alkanes) is 5. The molecule has 40 heavy (non-hydrogen) atoms. The molecule has 0 N–H and O–H groups in total. The molecule has 0 bridgehead atoms. The van der Waals surface area contributed by atoms with Crippen molar-refractivity contribution in [3.63, 3.8) is 0 Å². The molecule has 0 aromatic heterocycles. The van der Waals surface area contributed by atoms with Gasteiger partial charge < -0.3 is 4.55 Å². The first-order chi connectivity index (χ1) is 16.9. The summed E-state index contributed by atoms with van der Waals surface area (Å²) in [5.74, 6) is -58.5. The number of halogens is 17. The van der Waals surface area contributed by atoms with E-state index in [9.17, 15) is 87.6 Å². The maximum absolute atomic E-state index is 14.3. The van der Waals surface area contributed by atoms with Crippen molar-refractivity contribution in [3.8, 4) is 0 Å². The molecule has 0 rings (SSSR count). The molecule has 0 radical (unpaired) electrons.